The van der Waals surface area contributed by atoms with Crippen molar-refractivity contribution in [3.8, 4) is 0 Å². The predicted molar refractivity (Wildman–Crippen MR) is 67.0 cm³/mol. The van der Waals surface area contributed by atoms with Crippen LogP contribution in [0.5, 0.6) is 0 Å². The Morgan fingerprint density at radius 3 is 2.87 bits per heavy atom. The highest BCUT2D eigenvalue weighted by Crippen LogP contribution is 2.30. The first-order chi connectivity index (χ1) is 7.27. The predicted octanol–water partition coefficient (Wildman–Crippen LogP) is 3.83. The van der Waals surface area contributed by atoms with Gasteiger partial charge in [0.05, 0.1) is 4.47 Å². The van der Waals surface area contributed by atoms with Crippen LogP contribution in [-0.2, 0) is 0 Å². The van der Waals surface area contributed by atoms with Crippen LogP contribution in [0.3, 0.4) is 0 Å². The number of nitrogens with one attached hydrogen (secondary N) is 1. The zero-order chi connectivity index (χ0) is 10.7. The highest BCUT2D eigenvalue weighted by Gasteiger charge is 2.21. The van der Waals surface area contributed by atoms with Crippen molar-refractivity contribution in [1.82, 2.24) is 4.98 Å². The monoisotopic (exact) mass is 268 g/mol. The molecule has 0 spiro atoms. The van der Waals surface area contributed by atoms with Gasteiger partial charge in [0.1, 0.15) is 5.82 Å². The Bertz CT molecular complexity index is 321. The summed E-state index contributed by atoms with van der Waals surface area (Å²) in [5, 5.41) is 3.49. The number of nitrogens with zero attached hydrogens (tertiary/aromatic N) is 1. The molecule has 1 heterocycles. The van der Waals surface area contributed by atoms with E-state index in [-0.39, 0.29) is 0 Å². The van der Waals surface area contributed by atoms with Crippen LogP contribution in [0.1, 0.15) is 32.6 Å². The van der Waals surface area contributed by atoms with Crippen molar-refractivity contribution in [3.63, 3.8) is 0 Å². The molecule has 15 heavy (non-hydrogen) atoms. The van der Waals surface area contributed by atoms with Gasteiger partial charge in [-0.3, -0.25) is 0 Å². The van der Waals surface area contributed by atoms with Gasteiger partial charge in [-0.2, -0.15) is 0 Å². The third-order valence-corrected chi connectivity index (χ3v) is 3.87. The maximum atomic E-state index is 4.33. The summed E-state index contributed by atoms with van der Waals surface area (Å²) in [5.74, 6) is 1.79. The molecule has 3 heteroatoms. The molecule has 82 valence electrons. The molecule has 0 saturated heterocycles. The highest BCUT2D eigenvalue weighted by atomic mass is 79.9. The summed E-state index contributed by atoms with van der Waals surface area (Å²) < 4.78 is 1.05. The van der Waals surface area contributed by atoms with Crippen LogP contribution in [0, 0.1) is 5.92 Å². The minimum atomic E-state index is 0.527. The molecular weight excluding hydrogens is 252 g/mol. The van der Waals surface area contributed by atoms with Crippen LogP contribution in [0.2, 0.25) is 0 Å². The summed E-state index contributed by atoms with van der Waals surface area (Å²) >= 11 is 3.51. The van der Waals surface area contributed by atoms with Gasteiger partial charge >= 0.3 is 0 Å². The lowest BCUT2D eigenvalue weighted by Gasteiger charge is -2.21. The van der Waals surface area contributed by atoms with Crippen molar-refractivity contribution < 1.29 is 0 Å². The average molecular weight is 269 g/mol. The van der Waals surface area contributed by atoms with Crippen molar-refractivity contribution in [2.45, 2.75) is 38.6 Å². The molecule has 1 atom stereocenters. The van der Waals surface area contributed by atoms with Gasteiger partial charge in [-0.25, -0.2) is 4.98 Å². The molecule has 0 bridgehead atoms. The second-order valence-electron chi connectivity index (χ2n) is 4.31. The quantitative estimate of drug-likeness (QED) is 0.901. The van der Waals surface area contributed by atoms with Crippen LogP contribution in [0.4, 0.5) is 5.82 Å². The standard InChI is InChI=1S/C12H17BrN2/c1-9(10-5-2-3-6-10)15-12-11(13)7-4-8-14-12/h4,7-10H,2-3,5-6H2,1H3,(H,14,15). The van der Waals surface area contributed by atoms with Crippen molar-refractivity contribution in [3.05, 3.63) is 22.8 Å². The number of pyridine rings is 1. The fourth-order valence-electron chi connectivity index (χ4n) is 2.28. The van der Waals surface area contributed by atoms with E-state index < -0.39 is 0 Å². The Labute approximate surface area is 99.6 Å². The van der Waals surface area contributed by atoms with Crippen LogP contribution in [0.25, 0.3) is 0 Å². The zero-order valence-electron chi connectivity index (χ0n) is 9.04. The smallest absolute Gasteiger partial charge is 0.140 e. The molecule has 0 amide bonds. The van der Waals surface area contributed by atoms with E-state index in [9.17, 15) is 0 Å². The highest BCUT2D eigenvalue weighted by molar-refractivity contribution is 9.10. The molecule has 2 rings (SSSR count). The van der Waals surface area contributed by atoms with Gasteiger partial charge in [0.25, 0.3) is 0 Å². The lowest BCUT2D eigenvalue weighted by Crippen LogP contribution is -2.24. The average Bonchev–Trinajstić information content (AvgIpc) is 2.74. The number of rotatable bonds is 3. The van der Waals surface area contributed by atoms with Crippen molar-refractivity contribution >= 4 is 21.7 Å². The molecule has 0 aromatic carbocycles. The summed E-state index contributed by atoms with van der Waals surface area (Å²) in [6.07, 6.45) is 7.33. The van der Waals surface area contributed by atoms with E-state index in [4.69, 9.17) is 0 Å². The lowest BCUT2D eigenvalue weighted by atomic mass is 10.00. The van der Waals surface area contributed by atoms with Gasteiger partial charge in [0.2, 0.25) is 0 Å². The molecular formula is C12H17BrN2. The number of halogens is 1. The van der Waals surface area contributed by atoms with Crippen molar-refractivity contribution in [1.29, 1.82) is 0 Å². The molecule has 1 aliphatic rings. The zero-order valence-corrected chi connectivity index (χ0v) is 10.6. The second kappa shape index (κ2) is 4.97. The summed E-state index contributed by atoms with van der Waals surface area (Å²) in [6.45, 7) is 2.26. The Balaban J connectivity index is 1.99. The van der Waals surface area contributed by atoms with Crippen molar-refractivity contribution in [2.24, 2.45) is 5.92 Å². The Morgan fingerprint density at radius 2 is 2.20 bits per heavy atom. The van der Waals surface area contributed by atoms with Gasteiger partial charge in [0.15, 0.2) is 0 Å². The van der Waals surface area contributed by atoms with Crippen molar-refractivity contribution in [2.75, 3.05) is 5.32 Å². The number of hydrogen-bond acceptors (Lipinski definition) is 2. The van der Waals surface area contributed by atoms with E-state index in [1.54, 1.807) is 0 Å². The van der Waals surface area contributed by atoms with Crippen LogP contribution >= 0.6 is 15.9 Å². The normalized spacial score (nSPS) is 19.1. The first-order valence-corrected chi connectivity index (χ1v) is 6.43. The van der Waals surface area contributed by atoms with E-state index in [1.807, 2.05) is 18.3 Å². The van der Waals surface area contributed by atoms with Gasteiger partial charge in [-0.1, -0.05) is 12.8 Å². The summed E-state index contributed by atoms with van der Waals surface area (Å²) in [4.78, 5) is 4.33. The maximum absolute atomic E-state index is 4.33. The molecule has 1 fully saturated rings. The maximum Gasteiger partial charge on any atom is 0.140 e. The third-order valence-electron chi connectivity index (χ3n) is 3.23. The van der Waals surface area contributed by atoms with Gasteiger partial charge in [-0.15, -0.1) is 0 Å². The van der Waals surface area contributed by atoms with E-state index in [0.29, 0.717) is 6.04 Å². The van der Waals surface area contributed by atoms with Crippen LogP contribution in [0.15, 0.2) is 22.8 Å². The first-order valence-electron chi connectivity index (χ1n) is 5.64. The van der Waals surface area contributed by atoms with E-state index in [1.165, 1.54) is 25.7 Å². The van der Waals surface area contributed by atoms with Gasteiger partial charge in [0, 0.05) is 12.2 Å². The molecule has 1 unspecified atom stereocenters. The minimum absolute atomic E-state index is 0.527. The fraction of sp³-hybridized carbons (Fsp3) is 0.583. The molecule has 1 aliphatic carbocycles. The Kier molecular flexibility index (Phi) is 3.62. The number of aromatic nitrogens is 1. The fourth-order valence-corrected chi connectivity index (χ4v) is 2.65. The molecule has 1 N–H and O–H groups in total. The third kappa shape index (κ3) is 2.71. The van der Waals surface area contributed by atoms with E-state index in [2.05, 4.69) is 33.2 Å². The molecule has 1 saturated carbocycles. The van der Waals surface area contributed by atoms with E-state index >= 15 is 0 Å². The Morgan fingerprint density at radius 1 is 1.47 bits per heavy atom. The SMILES string of the molecule is CC(Nc1ncccc1Br)C1CCCC1. The van der Waals surface area contributed by atoms with Gasteiger partial charge < -0.3 is 5.32 Å². The van der Waals surface area contributed by atoms with Crippen LogP contribution in [-0.4, -0.2) is 11.0 Å². The van der Waals surface area contributed by atoms with Crippen LogP contribution < -0.4 is 5.32 Å². The van der Waals surface area contributed by atoms with E-state index in [0.717, 1.165) is 16.2 Å². The molecule has 1 aromatic heterocycles. The topological polar surface area (TPSA) is 24.9 Å². The molecule has 0 radical (unpaired) electrons. The number of anilines is 1. The summed E-state index contributed by atoms with van der Waals surface area (Å²) in [7, 11) is 0. The Hall–Kier alpha value is -0.570. The lowest BCUT2D eigenvalue weighted by molar-refractivity contribution is 0.481. The second-order valence-corrected chi connectivity index (χ2v) is 5.17. The summed E-state index contributed by atoms with van der Waals surface area (Å²) in [5.41, 5.74) is 0. The summed E-state index contributed by atoms with van der Waals surface area (Å²) in [6, 6.07) is 4.49. The molecule has 1 aromatic rings. The molecule has 2 nitrogen and oxygen atoms in total. The molecule has 0 aliphatic heterocycles. The minimum Gasteiger partial charge on any atom is -0.366 e. The first kappa shape index (κ1) is 10.9. The largest absolute Gasteiger partial charge is 0.366 e. The van der Waals surface area contributed by atoms with Gasteiger partial charge in [-0.05, 0) is 53.7 Å². The number of hydrogen-bond donors (Lipinski definition) is 1.